The van der Waals surface area contributed by atoms with Crippen LogP contribution in [-0.4, -0.2) is 21.6 Å². The van der Waals surface area contributed by atoms with Crippen molar-refractivity contribution in [3.63, 3.8) is 0 Å². The molecule has 1 N–H and O–H groups in total. The molecule has 4 nitrogen and oxygen atoms in total. The lowest BCUT2D eigenvalue weighted by atomic mass is 10.0. The summed E-state index contributed by atoms with van der Waals surface area (Å²) in [6.07, 6.45) is 1.57. The summed E-state index contributed by atoms with van der Waals surface area (Å²) in [6.45, 7) is 4.69. The third-order valence-corrected chi connectivity index (χ3v) is 4.54. The van der Waals surface area contributed by atoms with E-state index in [-0.39, 0.29) is 13.2 Å². The monoisotopic (exact) mass is 345 g/mol. The number of sulfonamides is 1. The van der Waals surface area contributed by atoms with Gasteiger partial charge in [0.25, 0.3) is 0 Å². The topological polar surface area (TPSA) is 55.4 Å². The van der Waals surface area contributed by atoms with E-state index in [0.29, 0.717) is 5.92 Å². The average Bonchev–Trinajstić information content (AvgIpc) is 2.58. The van der Waals surface area contributed by atoms with E-state index in [4.69, 9.17) is 4.74 Å². The van der Waals surface area contributed by atoms with Crippen molar-refractivity contribution in [3.8, 4) is 5.75 Å². The standard InChI is InChI=1S/C19H23NO3S/c1-16(2)18-10-6-7-11-19(18)23-14-13-20-24(21,22)15-12-17-8-4-3-5-9-17/h3-12,15-16,20H,13-14H2,1-2H3. The van der Waals surface area contributed by atoms with Crippen molar-refractivity contribution in [2.75, 3.05) is 13.2 Å². The lowest BCUT2D eigenvalue weighted by molar-refractivity contribution is 0.318. The van der Waals surface area contributed by atoms with E-state index in [1.54, 1.807) is 6.08 Å². The Morgan fingerprint density at radius 3 is 2.42 bits per heavy atom. The van der Waals surface area contributed by atoms with Crippen LogP contribution in [0.25, 0.3) is 6.08 Å². The molecule has 0 unspecified atom stereocenters. The summed E-state index contributed by atoms with van der Waals surface area (Å²) < 4.78 is 32.1. The molecule has 0 bridgehead atoms. The fourth-order valence-corrected chi connectivity index (χ4v) is 3.01. The summed E-state index contributed by atoms with van der Waals surface area (Å²) in [5.74, 6) is 1.15. The van der Waals surface area contributed by atoms with Crippen LogP contribution >= 0.6 is 0 Å². The molecule has 2 aromatic rings. The maximum atomic E-state index is 11.9. The van der Waals surface area contributed by atoms with Gasteiger partial charge in [-0.1, -0.05) is 62.4 Å². The maximum absolute atomic E-state index is 11.9. The number of nitrogens with one attached hydrogen (secondary N) is 1. The van der Waals surface area contributed by atoms with Crippen LogP contribution in [0.15, 0.2) is 60.0 Å². The van der Waals surface area contributed by atoms with Gasteiger partial charge in [-0.2, -0.15) is 0 Å². The molecule has 0 saturated heterocycles. The fraction of sp³-hybridized carbons (Fsp3) is 0.263. The Balaban J connectivity index is 1.84. The quantitative estimate of drug-likeness (QED) is 0.741. The van der Waals surface area contributed by atoms with Crippen molar-refractivity contribution >= 4 is 16.1 Å². The number of hydrogen-bond acceptors (Lipinski definition) is 3. The fourth-order valence-electron chi connectivity index (χ4n) is 2.21. The summed E-state index contributed by atoms with van der Waals surface area (Å²) in [5, 5.41) is 1.17. The van der Waals surface area contributed by atoms with Gasteiger partial charge in [-0.3, -0.25) is 0 Å². The zero-order chi connectivity index (χ0) is 17.4. The lowest BCUT2D eigenvalue weighted by Crippen LogP contribution is -2.26. The molecule has 24 heavy (non-hydrogen) atoms. The highest BCUT2D eigenvalue weighted by Crippen LogP contribution is 2.25. The van der Waals surface area contributed by atoms with Crippen molar-refractivity contribution in [3.05, 3.63) is 71.1 Å². The average molecular weight is 345 g/mol. The van der Waals surface area contributed by atoms with Gasteiger partial charge in [0, 0.05) is 12.0 Å². The van der Waals surface area contributed by atoms with E-state index >= 15 is 0 Å². The van der Waals surface area contributed by atoms with Crippen molar-refractivity contribution in [2.45, 2.75) is 19.8 Å². The van der Waals surface area contributed by atoms with Crippen LogP contribution in [0.1, 0.15) is 30.9 Å². The van der Waals surface area contributed by atoms with Crippen LogP contribution < -0.4 is 9.46 Å². The van der Waals surface area contributed by atoms with E-state index in [2.05, 4.69) is 18.6 Å². The minimum absolute atomic E-state index is 0.216. The Hall–Kier alpha value is -2.11. The highest BCUT2D eigenvalue weighted by molar-refractivity contribution is 7.92. The van der Waals surface area contributed by atoms with E-state index in [9.17, 15) is 8.42 Å². The Kier molecular flexibility index (Phi) is 6.58. The first kappa shape index (κ1) is 18.2. The molecule has 0 aromatic heterocycles. The van der Waals surface area contributed by atoms with Crippen molar-refractivity contribution in [1.82, 2.24) is 4.72 Å². The number of para-hydroxylation sites is 1. The molecule has 128 valence electrons. The van der Waals surface area contributed by atoms with Crippen LogP contribution in [0.3, 0.4) is 0 Å². The molecule has 0 aliphatic heterocycles. The lowest BCUT2D eigenvalue weighted by Gasteiger charge is -2.13. The van der Waals surface area contributed by atoms with E-state index in [0.717, 1.165) is 16.9 Å². The molecule has 0 amide bonds. The SMILES string of the molecule is CC(C)c1ccccc1OCCNS(=O)(=O)C=Cc1ccccc1. The number of ether oxygens (including phenoxy) is 1. The highest BCUT2D eigenvalue weighted by Gasteiger charge is 2.08. The van der Waals surface area contributed by atoms with Gasteiger partial charge in [-0.15, -0.1) is 0 Å². The molecule has 0 radical (unpaired) electrons. The molecule has 0 aliphatic carbocycles. The normalized spacial score (nSPS) is 12.0. The zero-order valence-electron chi connectivity index (χ0n) is 14.0. The largest absolute Gasteiger partial charge is 0.492 e. The van der Waals surface area contributed by atoms with Crippen LogP contribution in [0.2, 0.25) is 0 Å². The Morgan fingerprint density at radius 2 is 1.71 bits per heavy atom. The molecular formula is C19H23NO3S. The highest BCUT2D eigenvalue weighted by atomic mass is 32.2. The second kappa shape index (κ2) is 8.66. The first-order valence-electron chi connectivity index (χ1n) is 7.92. The Morgan fingerprint density at radius 1 is 1.04 bits per heavy atom. The maximum Gasteiger partial charge on any atom is 0.233 e. The van der Waals surface area contributed by atoms with Crippen molar-refractivity contribution < 1.29 is 13.2 Å². The van der Waals surface area contributed by atoms with Gasteiger partial charge in [0.1, 0.15) is 12.4 Å². The number of hydrogen-bond donors (Lipinski definition) is 1. The molecule has 0 heterocycles. The van der Waals surface area contributed by atoms with Gasteiger partial charge in [0.05, 0.1) is 0 Å². The van der Waals surface area contributed by atoms with E-state index < -0.39 is 10.0 Å². The number of benzene rings is 2. The van der Waals surface area contributed by atoms with Gasteiger partial charge in [0.2, 0.25) is 10.0 Å². The second-order valence-corrected chi connectivity index (χ2v) is 7.34. The van der Waals surface area contributed by atoms with Gasteiger partial charge in [0.15, 0.2) is 0 Å². The van der Waals surface area contributed by atoms with Gasteiger partial charge in [-0.05, 0) is 29.2 Å². The van der Waals surface area contributed by atoms with Gasteiger partial charge >= 0.3 is 0 Å². The molecule has 0 atom stereocenters. The minimum Gasteiger partial charge on any atom is -0.492 e. The molecule has 0 spiro atoms. The molecular weight excluding hydrogens is 322 g/mol. The van der Waals surface area contributed by atoms with Crippen LogP contribution in [0.5, 0.6) is 5.75 Å². The predicted molar refractivity (Wildman–Crippen MR) is 98.4 cm³/mol. The van der Waals surface area contributed by atoms with Gasteiger partial charge < -0.3 is 4.74 Å². The summed E-state index contributed by atoms with van der Waals surface area (Å²) in [6, 6.07) is 17.1. The van der Waals surface area contributed by atoms with Gasteiger partial charge in [-0.25, -0.2) is 13.1 Å². The van der Waals surface area contributed by atoms with Crippen LogP contribution in [0, 0.1) is 0 Å². The Bertz CT molecular complexity index is 768. The summed E-state index contributed by atoms with van der Waals surface area (Å²) >= 11 is 0. The summed E-state index contributed by atoms with van der Waals surface area (Å²) in [7, 11) is -3.47. The van der Waals surface area contributed by atoms with Crippen molar-refractivity contribution in [1.29, 1.82) is 0 Å². The predicted octanol–water partition coefficient (Wildman–Crippen LogP) is 3.78. The molecule has 2 aromatic carbocycles. The molecule has 0 fully saturated rings. The molecule has 0 aliphatic rings. The first-order valence-corrected chi connectivity index (χ1v) is 9.47. The minimum atomic E-state index is -3.47. The van der Waals surface area contributed by atoms with E-state index in [1.165, 1.54) is 5.41 Å². The number of rotatable bonds is 8. The zero-order valence-corrected chi connectivity index (χ0v) is 14.8. The van der Waals surface area contributed by atoms with Crippen molar-refractivity contribution in [2.24, 2.45) is 0 Å². The van der Waals surface area contributed by atoms with Crippen LogP contribution in [0.4, 0.5) is 0 Å². The second-order valence-electron chi connectivity index (χ2n) is 5.69. The van der Waals surface area contributed by atoms with Crippen LogP contribution in [-0.2, 0) is 10.0 Å². The third-order valence-electron chi connectivity index (χ3n) is 3.44. The first-order chi connectivity index (χ1) is 11.5. The molecule has 5 heteroatoms. The van der Waals surface area contributed by atoms with E-state index in [1.807, 2.05) is 54.6 Å². The smallest absolute Gasteiger partial charge is 0.233 e. The molecule has 2 rings (SSSR count). The molecule has 0 saturated carbocycles. The third kappa shape index (κ3) is 5.83. The summed E-state index contributed by atoms with van der Waals surface area (Å²) in [4.78, 5) is 0. The Labute approximate surface area is 144 Å². The summed E-state index contributed by atoms with van der Waals surface area (Å²) in [5.41, 5.74) is 1.95.